The molecule has 3 heteroatoms. The lowest BCUT2D eigenvalue weighted by Crippen LogP contribution is -2.16. The lowest BCUT2D eigenvalue weighted by molar-refractivity contribution is -0.129. The molecule has 3 nitrogen and oxygen atoms in total. The molecule has 0 saturated carbocycles. The van der Waals surface area contributed by atoms with Gasteiger partial charge >= 0.3 is 0 Å². The zero-order chi connectivity index (χ0) is 9.97. The summed E-state index contributed by atoms with van der Waals surface area (Å²) in [5.41, 5.74) is 1.20. The van der Waals surface area contributed by atoms with Gasteiger partial charge < -0.3 is 0 Å². The zero-order valence-electron chi connectivity index (χ0n) is 8.05. The van der Waals surface area contributed by atoms with E-state index in [0.717, 1.165) is 6.42 Å². The molecule has 14 heavy (non-hydrogen) atoms. The van der Waals surface area contributed by atoms with Crippen molar-refractivity contribution in [2.45, 2.75) is 18.6 Å². The molecule has 2 unspecified atom stereocenters. The van der Waals surface area contributed by atoms with Crippen LogP contribution >= 0.6 is 0 Å². The number of hydrogen-bond acceptors (Lipinski definition) is 3. The molecule has 1 aliphatic heterocycles. The highest BCUT2D eigenvalue weighted by Crippen LogP contribution is 2.31. The monoisotopic (exact) mass is 188 g/mol. The molecule has 0 aliphatic carbocycles. The summed E-state index contributed by atoms with van der Waals surface area (Å²) in [6.45, 7) is 0. The second-order valence-electron chi connectivity index (χ2n) is 3.43. The minimum absolute atomic E-state index is 0.209. The van der Waals surface area contributed by atoms with Gasteiger partial charge in [0.25, 0.3) is 0 Å². The third-order valence-corrected chi connectivity index (χ3v) is 2.50. The van der Waals surface area contributed by atoms with Crippen molar-refractivity contribution in [1.29, 1.82) is 5.26 Å². The van der Waals surface area contributed by atoms with Gasteiger partial charge in [-0.15, -0.1) is 0 Å². The summed E-state index contributed by atoms with van der Waals surface area (Å²) in [6.07, 6.45) is 0.446. The Morgan fingerprint density at radius 1 is 1.43 bits per heavy atom. The van der Waals surface area contributed by atoms with Gasteiger partial charge in [-0.2, -0.15) is 10.3 Å². The number of hydroxylamine groups is 2. The highest BCUT2D eigenvalue weighted by molar-refractivity contribution is 5.20. The molecule has 0 N–H and O–H groups in total. The Bertz CT molecular complexity index is 344. The maximum Gasteiger partial charge on any atom is 0.167 e. The van der Waals surface area contributed by atoms with Gasteiger partial charge in [0.2, 0.25) is 0 Å². The highest BCUT2D eigenvalue weighted by atomic mass is 16.7. The van der Waals surface area contributed by atoms with Crippen LogP contribution in [0.2, 0.25) is 0 Å². The Morgan fingerprint density at radius 3 is 2.71 bits per heavy atom. The largest absolute Gasteiger partial charge is 0.280 e. The molecule has 1 aromatic rings. The molecular weight excluding hydrogens is 176 g/mol. The topological polar surface area (TPSA) is 36.3 Å². The predicted octanol–water partition coefficient (Wildman–Crippen LogP) is 1.89. The van der Waals surface area contributed by atoms with Crippen molar-refractivity contribution in [3.8, 4) is 6.07 Å². The Balaban J connectivity index is 2.18. The normalized spacial score (nSPS) is 27.4. The van der Waals surface area contributed by atoms with Crippen LogP contribution in [0.25, 0.3) is 0 Å². The van der Waals surface area contributed by atoms with Gasteiger partial charge in [-0.25, -0.2) is 0 Å². The van der Waals surface area contributed by atoms with Crippen molar-refractivity contribution in [2.75, 3.05) is 7.05 Å². The van der Waals surface area contributed by atoms with Crippen LogP contribution in [0.3, 0.4) is 0 Å². The fourth-order valence-corrected chi connectivity index (χ4v) is 1.77. The molecule has 1 aliphatic rings. The molecule has 0 bridgehead atoms. The lowest BCUT2D eigenvalue weighted by Gasteiger charge is -2.16. The Kier molecular flexibility index (Phi) is 2.49. The standard InChI is InChI=1S/C11H12N2O/c1-13-11(7-10(8-12)14-13)9-5-3-2-4-6-9/h2-6,10-11H,7H2,1H3. The first kappa shape index (κ1) is 9.20. The molecule has 1 saturated heterocycles. The van der Waals surface area contributed by atoms with Gasteiger partial charge in [0.05, 0.1) is 12.1 Å². The van der Waals surface area contributed by atoms with Crippen LogP contribution < -0.4 is 0 Å². The van der Waals surface area contributed by atoms with E-state index in [1.54, 1.807) is 5.06 Å². The summed E-state index contributed by atoms with van der Waals surface area (Å²) in [5.74, 6) is 0. The van der Waals surface area contributed by atoms with Crippen LogP contribution in [0.5, 0.6) is 0 Å². The van der Waals surface area contributed by atoms with Gasteiger partial charge in [-0.05, 0) is 5.56 Å². The summed E-state index contributed by atoms with van der Waals surface area (Å²) in [4.78, 5) is 5.35. The van der Waals surface area contributed by atoms with Gasteiger partial charge in [0.1, 0.15) is 0 Å². The minimum Gasteiger partial charge on any atom is -0.280 e. The van der Waals surface area contributed by atoms with Crippen molar-refractivity contribution in [3.63, 3.8) is 0 Å². The second kappa shape index (κ2) is 3.79. The average molecular weight is 188 g/mol. The minimum atomic E-state index is -0.301. The lowest BCUT2D eigenvalue weighted by atomic mass is 10.0. The van der Waals surface area contributed by atoms with Crippen LogP contribution in [0.15, 0.2) is 30.3 Å². The highest BCUT2D eigenvalue weighted by Gasteiger charge is 2.31. The molecule has 1 heterocycles. The molecule has 1 aromatic carbocycles. The number of rotatable bonds is 1. The van der Waals surface area contributed by atoms with Crippen LogP contribution in [0.1, 0.15) is 18.0 Å². The van der Waals surface area contributed by atoms with E-state index in [-0.39, 0.29) is 12.1 Å². The van der Waals surface area contributed by atoms with E-state index in [2.05, 4.69) is 18.2 Å². The first-order valence-corrected chi connectivity index (χ1v) is 4.65. The van der Waals surface area contributed by atoms with Crippen LogP contribution in [-0.4, -0.2) is 18.2 Å². The fourth-order valence-electron chi connectivity index (χ4n) is 1.77. The maximum atomic E-state index is 8.75. The van der Waals surface area contributed by atoms with Crippen molar-refractivity contribution >= 4 is 0 Å². The molecule has 0 aromatic heterocycles. The second-order valence-corrected chi connectivity index (χ2v) is 3.43. The molecule has 2 atom stereocenters. The third kappa shape index (κ3) is 1.63. The van der Waals surface area contributed by atoms with E-state index in [1.165, 1.54) is 5.56 Å². The molecule has 0 amide bonds. The number of hydrogen-bond donors (Lipinski definition) is 0. The molecule has 72 valence electrons. The number of nitriles is 1. The van der Waals surface area contributed by atoms with E-state index in [1.807, 2.05) is 25.2 Å². The maximum absolute atomic E-state index is 8.75. The average Bonchev–Trinajstić information content (AvgIpc) is 2.61. The van der Waals surface area contributed by atoms with E-state index >= 15 is 0 Å². The van der Waals surface area contributed by atoms with Crippen LogP contribution in [0.4, 0.5) is 0 Å². The number of benzene rings is 1. The number of nitrogens with zero attached hydrogens (tertiary/aromatic N) is 2. The van der Waals surface area contributed by atoms with E-state index < -0.39 is 0 Å². The summed E-state index contributed by atoms with van der Waals surface area (Å²) in [6, 6.07) is 12.5. The van der Waals surface area contributed by atoms with E-state index in [4.69, 9.17) is 10.1 Å². The summed E-state index contributed by atoms with van der Waals surface area (Å²) >= 11 is 0. The van der Waals surface area contributed by atoms with Gasteiger partial charge in [-0.3, -0.25) is 4.84 Å². The Morgan fingerprint density at radius 2 is 2.14 bits per heavy atom. The SMILES string of the molecule is CN1OC(C#N)CC1c1ccccc1. The van der Waals surface area contributed by atoms with Crippen LogP contribution in [0, 0.1) is 11.3 Å². The molecule has 2 rings (SSSR count). The summed E-state index contributed by atoms with van der Waals surface area (Å²) < 4.78 is 0. The first-order valence-electron chi connectivity index (χ1n) is 4.65. The van der Waals surface area contributed by atoms with E-state index in [0.29, 0.717) is 0 Å². The molecule has 1 fully saturated rings. The van der Waals surface area contributed by atoms with Gasteiger partial charge in [0, 0.05) is 13.5 Å². The molecule has 0 spiro atoms. The van der Waals surface area contributed by atoms with Crippen molar-refractivity contribution < 1.29 is 4.84 Å². The quantitative estimate of drug-likeness (QED) is 0.675. The van der Waals surface area contributed by atoms with Crippen molar-refractivity contribution in [3.05, 3.63) is 35.9 Å². The fraction of sp³-hybridized carbons (Fsp3) is 0.364. The third-order valence-electron chi connectivity index (χ3n) is 2.50. The Hall–Kier alpha value is -1.37. The first-order chi connectivity index (χ1) is 6.81. The summed E-state index contributed by atoms with van der Waals surface area (Å²) in [5, 5.41) is 10.5. The molecular formula is C11H12N2O. The van der Waals surface area contributed by atoms with Gasteiger partial charge in [-0.1, -0.05) is 30.3 Å². The van der Waals surface area contributed by atoms with E-state index in [9.17, 15) is 0 Å². The Labute approximate surface area is 83.5 Å². The smallest absolute Gasteiger partial charge is 0.167 e. The van der Waals surface area contributed by atoms with Gasteiger partial charge in [0.15, 0.2) is 6.10 Å². The predicted molar refractivity (Wildman–Crippen MR) is 52.0 cm³/mol. The zero-order valence-corrected chi connectivity index (χ0v) is 8.05. The van der Waals surface area contributed by atoms with Crippen LogP contribution in [-0.2, 0) is 4.84 Å². The van der Waals surface area contributed by atoms with Crippen molar-refractivity contribution in [1.82, 2.24) is 5.06 Å². The molecule has 0 radical (unpaired) electrons. The van der Waals surface area contributed by atoms with Crippen molar-refractivity contribution in [2.24, 2.45) is 0 Å². The summed E-state index contributed by atoms with van der Waals surface area (Å²) in [7, 11) is 1.87.